The molecule has 0 aliphatic heterocycles. The minimum atomic E-state index is 0.172. The van der Waals surface area contributed by atoms with Crippen molar-refractivity contribution in [2.24, 2.45) is 0 Å². The van der Waals surface area contributed by atoms with Crippen LogP contribution < -0.4 is 5.32 Å². The van der Waals surface area contributed by atoms with Gasteiger partial charge in [0.2, 0.25) is 0 Å². The summed E-state index contributed by atoms with van der Waals surface area (Å²) in [6.07, 6.45) is 0. The van der Waals surface area contributed by atoms with Gasteiger partial charge < -0.3 is 0 Å². The number of rotatable bonds is 4. The van der Waals surface area contributed by atoms with E-state index in [1.807, 2.05) is 36.4 Å². The zero-order chi connectivity index (χ0) is 13.8. The van der Waals surface area contributed by atoms with Gasteiger partial charge in [-0.25, -0.2) is 0 Å². The molecule has 3 aromatic rings. The standard InChI is InChI=1S/C16H15N3Se/c1-12(13-8-4-2-5-9-13)15-18-19-16(20-15)17-14-10-6-3-7-11-14/h2-12H,1H3,(H,17,19). The van der Waals surface area contributed by atoms with E-state index in [1.165, 1.54) is 10.1 Å². The molecular weight excluding hydrogens is 313 g/mol. The molecule has 1 N–H and O–H groups in total. The summed E-state index contributed by atoms with van der Waals surface area (Å²) < 4.78 is 2.14. The normalized spacial score (nSPS) is 12.1. The first-order chi connectivity index (χ1) is 9.83. The van der Waals surface area contributed by atoms with Crippen molar-refractivity contribution < 1.29 is 0 Å². The zero-order valence-electron chi connectivity index (χ0n) is 11.2. The molecule has 0 saturated carbocycles. The summed E-state index contributed by atoms with van der Waals surface area (Å²) in [5.41, 5.74) is 2.36. The van der Waals surface area contributed by atoms with E-state index in [0.717, 1.165) is 10.4 Å². The van der Waals surface area contributed by atoms with Crippen LogP contribution in [0.2, 0.25) is 0 Å². The molecule has 1 unspecified atom stereocenters. The predicted octanol–water partition coefficient (Wildman–Crippen LogP) is 3.43. The van der Waals surface area contributed by atoms with Gasteiger partial charge >= 0.3 is 124 Å². The van der Waals surface area contributed by atoms with Crippen LogP contribution in [-0.2, 0) is 0 Å². The Morgan fingerprint density at radius 2 is 1.55 bits per heavy atom. The summed E-state index contributed by atoms with van der Waals surface area (Å²) in [5, 5.41) is 12.0. The second-order valence-electron chi connectivity index (χ2n) is 4.57. The van der Waals surface area contributed by atoms with Crippen LogP contribution in [-0.4, -0.2) is 24.7 Å². The molecular formula is C16H15N3Se. The third-order valence-electron chi connectivity index (χ3n) is 3.14. The Bertz CT molecular complexity index is 664. The Kier molecular flexibility index (Phi) is 3.95. The van der Waals surface area contributed by atoms with Crippen LogP contribution in [0.5, 0.6) is 0 Å². The second kappa shape index (κ2) is 6.04. The number of aromatic nitrogens is 2. The molecule has 0 saturated heterocycles. The van der Waals surface area contributed by atoms with E-state index < -0.39 is 0 Å². The molecule has 0 aliphatic rings. The van der Waals surface area contributed by atoms with Crippen LogP contribution in [0.25, 0.3) is 0 Å². The van der Waals surface area contributed by atoms with Gasteiger partial charge in [0.05, 0.1) is 0 Å². The fourth-order valence-corrected chi connectivity index (χ4v) is 3.76. The maximum atomic E-state index is 4.36. The average Bonchev–Trinajstić information content (AvgIpc) is 2.97. The molecule has 20 heavy (non-hydrogen) atoms. The Hall–Kier alpha value is -1.90. The molecule has 0 aliphatic carbocycles. The predicted molar refractivity (Wildman–Crippen MR) is 82.7 cm³/mol. The number of hydrogen-bond donors (Lipinski definition) is 1. The van der Waals surface area contributed by atoms with Gasteiger partial charge in [-0.2, -0.15) is 0 Å². The van der Waals surface area contributed by atoms with Gasteiger partial charge in [-0.1, -0.05) is 0 Å². The van der Waals surface area contributed by atoms with E-state index >= 15 is 0 Å². The van der Waals surface area contributed by atoms with Gasteiger partial charge in [-0.05, 0) is 0 Å². The van der Waals surface area contributed by atoms with Crippen molar-refractivity contribution in [3.63, 3.8) is 0 Å². The first-order valence-electron chi connectivity index (χ1n) is 6.53. The van der Waals surface area contributed by atoms with Gasteiger partial charge in [0.15, 0.2) is 0 Å². The van der Waals surface area contributed by atoms with Crippen molar-refractivity contribution in [3.05, 3.63) is 70.8 Å². The van der Waals surface area contributed by atoms with Crippen LogP contribution >= 0.6 is 0 Å². The fraction of sp³-hybridized carbons (Fsp3) is 0.125. The van der Waals surface area contributed by atoms with Crippen molar-refractivity contribution in [2.45, 2.75) is 12.8 Å². The van der Waals surface area contributed by atoms with Crippen molar-refractivity contribution >= 4 is 24.9 Å². The first kappa shape index (κ1) is 13.1. The van der Waals surface area contributed by atoms with Gasteiger partial charge in [-0.3, -0.25) is 0 Å². The molecule has 3 nitrogen and oxygen atoms in total. The quantitative estimate of drug-likeness (QED) is 0.746. The molecule has 0 amide bonds. The molecule has 100 valence electrons. The molecule has 4 heteroatoms. The summed E-state index contributed by atoms with van der Waals surface area (Å²) in [4.78, 5) is 0. The van der Waals surface area contributed by atoms with Crippen LogP contribution in [0.15, 0.2) is 60.7 Å². The molecule has 0 spiro atoms. The number of nitrogens with one attached hydrogen (secondary N) is 1. The van der Waals surface area contributed by atoms with Crippen molar-refractivity contribution in [3.8, 4) is 0 Å². The Morgan fingerprint density at radius 3 is 2.25 bits per heavy atom. The van der Waals surface area contributed by atoms with Gasteiger partial charge in [0.1, 0.15) is 0 Å². The fourth-order valence-electron chi connectivity index (χ4n) is 1.99. The van der Waals surface area contributed by atoms with Gasteiger partial charge in [0, 0.05) is 0 Å². The van der Waals surface area contributed by atoms with Gasteiger partial charge in [-0.15, -0.1) is 0 Å². The van der Waals surface area contributed by atoms with E-state index in [0.29, 0.717) is 5.92 Å². The van der Waals surface area contributed by atoms with Crippen LogP contribution in [0.3, 0.4) is 0 Å². The maximum absolute atomic E-state index is 4.36. The summed E-state index contributed by atoms with van der Waals surface area (Å²) in [7, 11) is 0. The van der Waals surface area contributed by atoms with Gasteiger partial charge in [0.25, 0.3) is 0 Å². The topological polar surface area (TPSA) is 37.8 Å². The second-order valence-corrected chi connectivity index (χ2v) is 6.69. The average molecular weight is 328 g/mol. The van der Waals surface area contributed by atoms with E-state index in [-0.39, 0.29) is 14.5 Å². The summed E-state index contributed by atoms with van der Waals surface area (Å²) in [5.74, 6) is 0.329. The molecule has 3 rings (SSSR count). The van der Waals surface area contributed by atoms with E-state index in [1.54, 1.807) is 0 Å². The van der Waals surface area contributed by atoms with E-state index in [4.69, 9.17) is 0 Å². The van der Waals surface area contributed by atoms with E-state index in [9.17, 15) is 0 Å². The minimum absolute atomic E-state index is 0.172. The van der Waals surface area contributed by atoms with Crippen LogP contribution in [0.1, 0.15) is 23.0 Å². The molecule has 0 radical (unpaired) electrons. The number of para-hydroxylation sites is 1. The summed E-state index contributed by atoms with van der Waals surface area (Å²) in [6.45, 7) is 2.19. The van der Waals surface area contributed by atoms with Crippen molar-refractivity contribution in [1.82, 2.24) is 10.2 Å². The zero-order valence-corrected chi connectivity index (χ0v) is 12.9. The summed E-state index contributed by atoms with van der Waals surface area (Å²) >= 11 is 0.172. The Labute approximate surface area is 124 Å². The SMILES string of the molecule is CC(c1ccccc1)c1nnc(Nc2ccccc2)[se]1. The Morgan fingerprint density at radius 1 is 0.900 bits per heavy atom. The van der Waals surface area contributed by atoms with Crippen LogP contribution in [0, 0.1) is 0 Å². The number of hydrogen-bond acceptors (Lipinski definition) is 3. The Balaban J connectivity index is 1.77. The molecule has 2 aromatic carbocycles. The monoisotopic (exact) mass is 329 g/mol. The van der Waals surface area contributed by atoms with Crippen molar-refractivity contribution in [2.75, 3.05) is 5.32 Å². The third-order valence-corrected chi connectivity index (χ3v) is 5.28. The molecule has 1 atom stereocenters. The van der Waals surface area contributed by atoms with Crippen molar-refractivity contribution in [1.29, 1.82) is 0 Å². The molecule has 1 aromatic heterocycles. The molecule has 0 fully saturated rings. The molecule has 0 bridgehead atoms. The number of benzene rings is 2. The van der Waals surface area contributed by atoms with E-state index in [2.05, 4.69) is 46.7 Å². The number of anilines is 2. The third kappa shape index (κ3) is 2.98. The summed E-state index contributed by atoms with van der Waals surface area (Å²) in [6, 6.07) is 20.6. The first-order valence-corrected chi connectivity index (χ1v) is 8.24. The van der Waals surface area contributed by atoms with Crippen LogP contribution in [0.4, 0.5) is 10.4 Å². The number of nitrogens with zero attached hydrogens (tertiary/aromatic N) is 2. The molecule has 1 heterocycles.